The Morgan fingerprint density at radius 1 is 1.24 bits per heavy atom. The van der Waals surface area contributed by atoms with Gasteiger partial charge in [-0.05, 0) is 12.1 Å². The number of rotatable bonds is 2. The van der Waals surface area contributed by atoms with Gasteiger partial charge in [0.2, 0.25) is 0 Å². The second-order valence-electron chi connectivity index (χ2n) is 3.02. The summed E-state index contributed by atoms with van der Waals surface area (Å²) in [6.45, 7) is 0. The van der Waals surface area contributed by atoms with Crippen molar-refractivity contribution < 1.29 is 0 Å². The number of aromatic amines is 1. The molecule has 0 amide bonds. The summed E-state index contributed by atoms with van der Waals surface area (Å²) in [4.78, 5) is 18.3. The Kier molecular flexibility index (Phi) is 3.99. The summed E-state index contributed by atoms with van der Waals surface area (Å²) >= 11 is 18.7. The van der Waals surface area contributed by atoms with Crippen molar-refractivity contribution in [1.82, 2.24) is 9.97 Å². The zero-order valence-electron chi connectivity index (χ0n) is 8.21. The first-order chi connectivity index (χ1) is 8.08. The third kappa shape index (κ3) is 2.96. The zero-order valence-corrected chi connectivity index (χ0v) is 11.3. The van der Waals surface area contributed by atoms with Crippen LogP contribution in [0.4, 0.5) is 0 Å². The highest BCUT2D eigenvalue weighted by atomic mass is 35.5. The number of aromatic nitrogens is 2. The molecule has 3 nitrogen and oxygen atoms in total. The highest BCUT2D eigenvalue weighted by Gasteiger charge is 2.07. The van der Waals surface area contributed by atoms with Crippen LogP contribution in [-0.2, 0) is 0 Å². The molecule has 0 radical (unpaired) electrons. The van der Waals surface area contributed by atoms with Crippen LogP contribution in [0.15, 0.2) is 39.1 Å². The molecule has 2 aromatic rings. The van der Waals surface area contributed by atoms with Crippen LogP contribution in [-0.4, -0.2) is 9.97 Å². The van der Waals surface area contributed by atoms with Gasteiger partial charge in [-0.1, -0.05) is 52.6 Å². The van der Waals surface area contributed by atoms with Gasteiger partial charge in [-0.3, -0.25) is 4.79 Å². The van der Waals surface area contributed by atoms with Gasteiger partial charge < -0.3 is 4.98 Å². The molecule has 17 heavy (non-hydrogen) atoms. The van der Waals surface area contributed by atoms with Gasteiger partial charge in [0.1, 0.15) is 0 Å². The van der Waals surface area contributed by atoms with Crippen molar-refractivity contribution in [2.45, 2.75) is 9.92 Å². The Morgan fingerprint density at radius 3 is 2.71 bits per heavy atom. The van der Waals surface area contributed by atoms with E-state index in [1.807, 2.05) is 0 Å². The quantitative estimate of drug-likeness (QED) is 0.915. The van der Waals surface area contributed by atoms with Crippen LogP contribution in [0.5, 0.6) is 0 Å². The van der Waals surface area contributed by atoms with E-state index in [2.05, 4.69) is 9.97 Å². The maximum atomic E-state index is 11.3. The molecule has 0 spiro atoms. The van der Waals surface area contributed by atoms with Gasteiger partial charge in [0.15, 0.2) is 5.15 Å². The lowest BCUT2D eigenvalue weighted by atomic mass is 10.4. The van der Waals surface area contributed by atoms with Gasteiger partial charge in [0, 0.05) is 4.90 Å². The molecule has 1 N–H and O–H groups in total. The van der Waals surface area contributed by atoms with E-state index in [0.29, 0.717) is 15.1 Å². The van der Waals surface area contributed by atoms with E-state index < -0.39 is 5.56 Å². The largest absolute Gasteiger partial charge is 0.313 e. The minimum absolute atomic E-state index is 0.0912. The van der Waals surface area contributed by atoms with Gasteiger partial charge >= 0.3 is 0 Å². The smallest absolute Gasteiger partial charge is 0.286 e. The fourth-order valence-corrected chi connectivity index (χ4v) is 2.50. The van der Waals surface area contributed by atoms with E-state index in [1.165, 1.54) is 18.0 Å². The summed E-state index contributed by atoms with van der Waals surface area (Å²) in [6, 6.07) is 5.26. The first-order valence-corrected chi connectivity index (χ1v) is 6.39. The molecule has 0 unspecified atom stereocenters. The lowest BCUT2D eigenvalue weighted by molar-refractivity contribution is 1.01. The second kappa shape index (κ2) is 5.31. The van der Waals surface area contributed by atoms with E-state index in [-0.39, 0.29) is 5.15 Å². The molecule has 0 atom stereocenters. The molecular weight excluding hydrogens is 303 g/mol. The molecule has 1 aromatic carbocycles. The SMILES string of the molecule is O=c1[nH]c(Sc2cccc(Cl)c2Cl)cnc1Cl. The van der Waals surface area contributed by atoms with Gasteiger partial charge in [-0.15, -0.1) is 0 Å². The number of nitrogens with one attached hydrogen (secondary N) is 1. The van der Waals surface area contributed by atoms with E-state index in [1.54, 1.807) is 18.2 Å². The van der Waals surface area contributed by atoms with Crippen LogP contribution < -0.4 is 5.56 Å². The highest BCUT2D eigenvalue weighted by Crippen LogP contribution is 2.35. The Bertz CT molecular complexity index is 615. The summed E-state index contributed by atoms with van der Waals surface area (Å²) < 4.78 is 0. The molecule has 88 valence electrons. The lowest BCUT2D eigenvalue weighted by Gasteiger charge is -2.04. The number of hydrogen-bond donors (Lipinski definition) is 1. The normalized spacial score (nSPS) is 10.5. The van der Waals surface area contributed by atoms with E-state index in [4.69, 9.17) is 34.8 Å². The average molecular weight is 308 g/mol. The Morgan fingerprint density at radius 2 is 2.00 bits per heavy atom. The van der Waals surface area contributed by atoms with Crippen molar-refractivity contribution in [3.8, 4) is 0 Å². The monoisotopic (exact) mass is 306 g/mol. The van der Waals surface area contributed by atoms with Crippen molar-refractivity contribution in [1.29, 1.82) is 0 Å². The first kappa shape index (κ1) is 12.8. The van der Waals surface area contributed by atoms with Crippen molar-refractivity contribution in [3.05, 3.63) is 49.9 Å². The van der Waals surface area contributed by atoms with Crippen LogP contribution in [0.25, 0.3) is 0 Å². The molecule has 0 bridgehead atoms. The fraction of sp³-hybridized carbons (Fsp3) is 0. The molecule has 0 aliphatic carbocycles. The molecule has 0 saturated carbocycles. The van der Waals surface area contributed by atoms with Crippen LogP contribution in [0.2, 0.25) is 15.2 Å². The average Bonchev–Trinajstić information content (AvgIpc) is 2.30. The standard InChI is InChI=1S/C10H5Cl3N2OS/c11-5-2-1-3-6(8(5)12)17-7-4-14-9(13)10(16)15-7/h1-4H,(H,15,16). The van der Waals surface area contributed by atoms with E-state index in [9.17, 15) is 4.79 Å². The third-order valence-corrected chi connectivity index (χ3v) is 4.04. The van der Waals surface area contributed by atoms with E-state index in [0.717, 1.165) is 4.90 Å². The van der Waals surface area contributed by atoms with Gasteiger partial charge in [-0.2, -0.15) is 0 Å². The molecule has 7 heteroatoms. The predicted octanol–water partition coefficient (Wildman–Crippen LogP) is 3.88. The topological polar surface area (TPSA) is 45.8 Å². The fourth-order valence-electron chi connectivity index (χ4n) is 1.10. The van der Waals surface area contributed by atoms with Crippen molar-refractivity contribution in [2.75, 3.05) is 0 Å². The van der Waals surface area contributed by atoms with Crippen LogP contribution in [0.1, 0.15) is 0 Å². The first-order valence-electron chi connectivity index (χ1n) is 4.44. The molecule has 0 aliphatic heterocycles. The number of benzene rings is 1. The van der Waals surface area contributed by atoms with Gasteiger partial charge in [-0.25, -0.2) is 4.98 Å². The molecule has 0 saturated heterocycles. The Labute approximate surface area is 116 Å². The van der Waals surface area contributed by atoms with Crippen LogP contribution in [0, 0.1) is 0 Å². The van der Waals surface area contributed by atoms with Crippen LogP contribution in [0.3, 0.4) is 0 Å². The number of nitrogens with zero attached hydrogens (tertiary/aromatic N) is 1. The second-order valence-corrected chi connectivity index (χ2v) is 5.25. The van der Waals surface area contributed by atoms with Crippen molar-refractivity contribution in [2.24, 2.45) is 0 Å². The summed E-state index contributed by atoms with van der Waals surface area (Å²) in [5, 5.41) is 1.35. The van der Waals surface area contributed by atoms with Crippen molar-refractivity contribution in [3.63, 3.8) is 0 Å². The highest BCUT2D eigenvalue weighted by molar-refractivity contribution is 7.99. The molecule has 1 heterocycles. The number of H-pyrrole nitrogens is 1. The maximum absolute atomic E-state index is 11.3. The van der Waals surface area contributed by atoms with Crippen molar-refractivity contribution >= 4 is 46.6 Å². The summed E-state index contributed by atoms with van der Waals surface area (Å²) in [6.07, 6.45) is 1.46. The maximum Gasteiger partial charge on any atom is 0.286 e. The predicted molar refractivity (Wildman–Crippen MR) is 70.5 cm³/mol. The molecule has 1 aromatic heterocycles. The Hall–Kier alpha value is -0.680. The van der Waals surface area contributed by atoms with Gasteiger partial charge in [0.05, 0.1) is 21.3 Å². The molecular formula is C10H5Cl3N2OS. The minimum Gasteiger partial charge on any atom is -0.313 e. The lowest BCUT2D eigenvalue weighted by Crippen LogP contribution is -2.08. The summed E-state index contributed by atoms with van der Waals surface area (Å²) in [5.41, 5.74) is -0.435. The third-order valence-electron chi connectivity index (χ3n) is 1.86. The molecule has 2 rings (SSSR count). The summed E-state index contributed by atoms with van der Waals surface area (Å²) in [5.74, 6) is 0. The Balaban J connectivity index is 2.35. The zero-order chi connectivity index (χ0) is 12.4. The minimum atomic E-state index is -0.435. The molecule has 0 aliphatic rings. The number of halogens is 3. The van der Waals surface area contributed by atoms with Gasteiger partial charge in [0.25, 0.3) is 5.56 Å². The van der Waals surface area contributed by atoms with E-state index >= 15 is 0 Å². The summed E-state index contributed by atoms with van der Waals surface area (Å²) in [7, 11) is 0. The van der Waals surface area contributed by atoms with Crippen LogP contribution >= 0.6 is 46.6 Å². The molecule has 0 fully saturated rings. The number of hydrogen-bond acceptors (Lipinski definition) is 3.